The average Bonchev–Trinajstić information content (AvgIpc) is 3.26. The van der Waals surface area contributed by atoms with Gasteiger partial charge in [0.1, 0.15) is 12.7 Å². The molecule has 0 saturated carbocycles. The molecule has 0 aliphatic heterocycles. The molecule has 0 aliphatic rings. The van der Waals surface area contributed by atoms with Crippen LogP contribution in [0, 0.1) is 13.8 Å². The lowest BCUT2D eigenvalue weighted by Crippen LogP contribution is -2.37. The molecule has 0 saturated heterocycles. The van der Waals surface area contributed by atoms with E-state index in [-0.39, 0.29) is 0 Å². The summed E-state index contributed by atoms with van der Waals surface area (Å²) in [6, 6.07) is 9.16. The van der Waals surface area contributed by atoms with Crippen LogP contribution >= 0.6 is 0 Å². The molecule has 0 unspecified atom stereocenters. The van der Waals surface area contributed by atoms with Gasteiger partial charge in [-0.1, -0.05) is 12.1 Å². The molecule has 9 heteroatoms. The van der Waals surface area contributed by atoms with Crippen LogP contribution in [0.4, 0.5) is 5.69 Å². The zero-order chi connectivity index (χ0) is 19.2. The zero-order valence-electron chi connectivity index (χ0n) is 15.2. The number of rotatable bonds is 6. The first-order valence-corrected chi connectivity index (χ1v) is 8.53. The van der Waals surface area contributed by atoms with Crippen molar-refractivity contribution in [1.29, 1.82) is 0 Å². The van der Waals surface area contributed by atoms with E-state index in [4.69, 9.17) is 0 Å². The van der Waals surface area contributed by atoms with Crippen molar-refractivity contribution in [2.75, 3.05) is 11.9 Å². The number of amides is 2. The lowest BCUT2D eigenvalue weighted by atomic mass is 10.2. The minimum Gasteiger partial charge on any atom is -0.346 e. The molecule has 0 radical (unpaired) electrons. The van der Waals surface area contributed by atoms with Gasteiger partial charge in [0.15, 0.2) is 0 Å². The van der Waals surface area contributed by atoms with E-state index in [0.29, 0.717) is 25.3 Å². The third-order valence-corrected chi connectivity index (χ3v) is 3.94. The summed E-state index contributed by atoms with van der Waals surface area (Å²) in [6.07, 6.45) is 3.11. The Bertz CT molecular complexity index is 914. The second-order valence-corrected chi connectivity index (χ2v) is 6.15. The second-order valence-electron chi connectivity index (χ2n) is 6.15. The smallest absolute Gasteiger partial charge is 0.313 e. The molecule has 3 aromatic rings. The van der Waals surface area contributed by atoms with E-state index < -0.39 is 11.8 Å². The van der Waals surface area contributed by atoms with Crippen LogP contribution in [0.2, 0.25) is 0 Å². The molecule has 27 heavy (non-hydrogen) atoms. The number of nitrogens with zero attached hydrogens (tertiary/aromatic N) is 5. The van der Waals surface area contributed by atoms with Crippen LogP contribution in [0.15, 0.2) is 43.0 Å². The summed E-state index contributed by atoms with van der Waals surface area (Å²) in [6.45, 7) is 5.27. The molecule has 0 aliphatic carbocycles. The van der Waals surface area contributed by atoms with Crippen LogP contribution in [-0.4, -0.2) is 42.9 Å². The van der Waals surface area contributed by atoms with Gasteiger partial charge in [-0.15, -0.1) is 0 Å². The number of anilines is 1. The molecule has 9 nitrogen and oxygen atoms in total. The Balaban J connectivity index is 1.46. The lowest BCUT2D eigenvalue weighted by Gasteiger charge is -2.08. The van der Waals surface area contributed by atoms with Gasteiger partial charge in [0, 0.05) is 17.9 Å². The fraction of sp³-hybridized carbons (Fsp3) is 0.278. The van der Waals surface area contributed by atoms with Crippen LogP contribution in [0.25, 0.3) is 0 Å². The molecule has 2 aromatic heterocycles. The molecule has 2 heterocycles. The van der Waals surface area contributed by atoms with Gasteiger partial charge in [-0.3, -0.25) is 14.3 Å². The number of aromatic nitrogens is 5. The molecular formula is C18H21N7O2. The fourth-order valence-corrected chi connectivity index (χ4v) is 2.64. The Morgan fingerprint density at radius 1 is 1.11 bits per heavy atom. The summed E-state index contributed by atoms with van der Waals surface area (Å²) in [5.74, 6) is -1.38. The first kappa shape index (κ1) is 18.3. The molecule has 0 atom stereocenters. The highest BCUT2D eigenvalue weighted by atomic mass is 16.2. The summed E-state index contributed by atoms with van der Waals surface area (Å²) in [5.41, 5.74) is 3.49. The summed E-state index contributed by atoms with van der Waals surface area (Å²) in [5, 5.41) is 13.5. The predicted octanol–water partition coefficient (Wildman–Crippen LogP) is 0.895. The number of nitrogens with one attached hydrogen (secondary N) is 2. The summed E-state index contributed by atoms with van der Waals surface area (Å²) in [7, 11) is 0. The van der Waals surface area contributed by atoms with Gasteiger partial charge in [0.05, 0.1) is 18.8 Å². The van der Waals surface area contributed by atoms with E-state index in [9.17, 15) is 9.59 Å². The van der Waals surface area contributed by atoms with E-state index in [0.717, 1.165) is 17.0 Å². The maximum absolute atomic E-state index is 12.0. The first-order chi connectivity index (χ1) is 13.0. The van der Waals surface area contributed by atoms with Crippen molar-refractivity contribution in [3.63, 3.8) is 0 Å². The van der Waals surface area contributed by atoms with Gasteiger partial charge in [0.25, 0.3) is 0 Å². The van der Waals surface area contributed by atoms with Crippen LogP contribution in [0.3, 0.4) is 0 Å². The van der Waals surface area contributed by atoms with E-state index in [1.807, 2.05) is 32.0 Å². The van der Waals surface area contributed by atoms with Gasteiger partial charge in [-0.05, 0) is 37.6 Å². The fourth-order valence-electron chi connectivity index (χ4n) is 2.64. The highest BCUT2D eigenvalue weighted by Crippen LogP contribution is 2.10. The highest BCUT2D eigenvalue weighted by Gasteiger charge is 2.13. The first-order valence-electron chi connectivity index (χ1n) is 8.53. The van der Waals surface area contributed by atoms with Gasteiger partial charge < -0.3 is 10.6 Å². The molecule has 0 spiro atoms. The minimum atomic E-state index is -0.701. The summed E-state index contributed by atoms with van der Waals surface area (Å²) in [4.78, 5) is 27.8. The van der Waals surface area contributed by atoms with Gasteiger partial charge in [-0.25, -0.2) is 9.67 Å². The zero-order valence-corrected chi connectivity index (χ0v) is 15.2. The Hall–Kier alpha value is -3.49. The Kier molecular flexibility index (Phi) is 5.60. The van der Waals surface area contributed by atoms with Crippen molar-refractivity contribution in [2.45, 2.75) is 26.9 Å². The SMILES string of the molecule is Cc1cc(C)n(CCNC(=O)C(=O)Nc2ccc(Cn3cncn3)cc2)n1. The van der Waals surface area contributed by atoms with Crippen molar-refractivity contribution < 1.29 is 9.59 Å². The van der Waals surface area contributed by atoms with E-state index in [1.165, 1.54) is 6.33 Å². The van der Waals surface area contributed by atoms with Crippen LogP contribution < -0.4 is 10.6 Å². The van der Waals surface area contributed by atoms with Crippen molar-refractivity contribution >= 4 is 17.5 Å². The molecule has 3 rings (SSSR count). The topological polar surface area (TPSA) is 107 Å². The van der Waals surface area contributed by atoms with Crippen molar-refractivity contribution in [1.82, 2.24) is 29.9 Å². The summed E-state index contributed by atoms with van der Waals surface area (Å²) < 4.78 is 3.49. The van der Waals surface area contributed by atoms with E-state index in [1.54, 1.807) is 27.8 Å². The average molecular weight is 367 g/mol. The maximum Gasteiger partial charge on any atom is 0.313 e. The molecule has 2 N–H and O–H groups in total. The van der Waals surface area contributed by atoms with Gasteiger partial charge in [0.2, 0.25) is 0 Å². The van der Waals surface area contributed by atoms with E-state index >= 15 is 0 Å². The third kappa shape index (κ3) is 5.00. The van der Waals surface area contributed by atoms with Crippen molar-refractivity contribution in [3.8, 4) is 0 Å². The number of hydrogen-bond donors (Lipinski definition) is 2. The van der Waals surface area contributed by atoms with Gasteiger partial charge in [-0.2, -0.15) is 10.2 Å². The van der Waals surface area contributed by atoms with E-state index in [2.05, 4.69) is 25.8 Å². The molecular weight excluding hydrogens is 346 g/mol. The number of carbonyl (C=O) groups excluding carboxylic acids is 2. The molecule has 0 fully saturated rings. The second kappa shape index (κ2) is 8.26. The Labute approximate surface area is 156 Å². The Morgan fingerprint density at radius 3 is 2.52 bits per heavy atom. The Morgan fingerprint density at radius 2 is 1.89 bits per heavy atom. The third-order valence-electron chi connectivity index (χ3n) is 3.94. The number of aryl methyl sites for hydroxylation is 2. The number of carbonyl (C=O) groups is 2. The maximum atomic E-state index is 12.0. The van der Waals surface area contributed by atoms with Gasteiger partial charge >= 0.3 is 11.8 Å². The molecule has 2 amide bonds. The van der Waals surface area contributed by atoms with Crippen LogP contribution in [-0.2, 0) is 22.7 Å². The lowest BCUT2D eigenvalue weighted by molar-refractivity contribution is -0.136. The molecule has 140 valence electrons. The largest absolute Gasteiger partial charge is 0.346 e. The molecule has 0 bridgehead atoms. The summed E-state index contributed by atoms with van der Waals surface area (Å²) >= 11 is 0. The highest BCUT2D eigenvalue weighted by molar-refractivity contribution is 6.39. The van der Waals surface area contributed by atoms with Crippen LogP contribution in [0.5, 0.6) is 0 Å². The quantitative estimate of drug-likeness (QED) is 0.630. The number of benzene rings is 1. The van der Waals surface area contributed by atoms with Crippen molar-refractivity contribution in [3.05, 3.63) is 59.9 Å². The monoisotopic (exact) mass is 367 g/mol. The standard InChI is InChI=1S/C18H21N7O2/c1-13-9-14(2)25(23-13)8-7-20-17(26)18(27)22-16-5-3-15(4-6-16)10-24-12-19-11-21-24/h3-6,9,11-12H,7-8,10H2,1-2H3,(H,20,26)(H,22,27). The normalized spacial score (nSPS) is 10.6. The minimum absolute atomic E-state index is 0.324. The molecule has 1 aromatic carbocycles. The van der Waals surface area contributed by atoms with Crippen molar-refractivity contribution in [2.24, 2.45) is 0 Å². The van der Waals surface area contributed by atoms with Crippen LogP contribution in [0.1, 0.15) is 17.0 Å². The number of hydrogen-bond acceptors (Lipinski definition) is 5. The predicted molar refractivity (Wildman–Crippen MR) is 98.9 cm³/mol.